The molecular weight excluding hydrogens is 326 g/mol. The number of nitrogens with zero attached hydrogens (tertiary/aromatic N) is 1. The topological polar surface area (TPSA) is 75.4 Å². The third-order valence-corrected chi connectivity index (χ3v) is 4.96. The standard InChI is InChI=1S/C18H25N3O2.ClH/c19-18(9-2-3-10-18)17(23)20-15-8-6-7-14(13-15)16(22)21-11-4-1-5-12-21;/h6-8,13H,1-5,9-12,19H2,(H,20,23);1H. The molecule has 1 saturated carbocycles. The van der Waals surface area contributed by atoms with Crippen LogP contribution in [0.15, 0.2) is 24.3 Å². The molecule has 1 aromatic carbocycles. The van der Waals surface area contributed by atoms with Gasteiger partial charge in [-0.15, -0.1) is 12.4 Å². The van der Waals surface area contributed by atoms with Gasteiger partial charge in [0.05, 0.1) is 5.54 Å². The van der Waals surface area contributed by atoms with Crippen molar-refractivity contribution in [2.75, 3.05) is 18.4 Å². The number of piperidine rings is 1. The highest BCUT2D eigenvalue weighted by Gasteiger charge is 2.37. The van der Waals surface area contributed by atoms with E-state index in [0.29, 0.717) is 11.3 Å². The second-order valence-electron chi connectivity index (χ2n) is 6.75. The van der Waals surface area contributed by atoms with Crippen LogP contribution in [0.5, 0.6) is 0 Å². The average Bonchev–Trinajstić information content (AvgIpc) is 3.03. The van der Waals surface area contributed by atoms with Crippen molar-refractivity contribution in [3.63, 3.8) is 0 Å². The van der Waals surface area contributed by atoms with Crippen LogP contribution in [0.25, 0.3) is 0 Å². The molecule has 0 atom stereocenters. The van der Waals surface area contributed by atoms with Gasteiger partial charge in [-0.3, -0.25) is 9.59 Å². The van der Waals surface area contributed by atoms with E-state index in [2.05, 4.69) is 5.32 Å². The zero-order chi connectivity index (χ0) is 16.3. The zero-order valence-corrected chi connectivity index (χ0v) is 14.7. The second kappa shape index (κ2) is 7.99. The van der Waals surface area contributed by atoms with E-state index >= 15 is 0 Å². The van der Waals surface area contributed by atoms with Gasteiger partial charge in [-0.05, 0) is 50.3 Å². The molecule has 132 valence electrons. The first-order chi connectivity index (χ1) is 11.1. The van der Waals surface area contributed by atoms with Gasteiger partial charge in [0.15, 0.2) is 0 Å². The predicted octanol–water partition coefficient (Wildman–Crippen LogP) is 2.94. The third kappa shape index (κ3) is 4.08. The van der Waals surface area contributed by atoms with Crippen molar-refractivity contribution in [2.24, 2.45) is 5.73 Å². The number of benzene rings is 1. The summed E-state index contributed by atoms with van der Waals surface area (Å²) in [6, 6.07) is 7.18. The summed E-state index contributed by atoms with van der Waals surface area (Å²) in [6.45, 7) is 1.64. The van der Waals surface area contributed by atoms with Crippen molar-refractivity contribution in [3.05, 3.63) is 29.8 Å². The minimum absolute atomic E-state index is 0. The highest BCUT2D eigenvalue weighted by molar-refractivity contribution is 6.00. The van der Waals surface area contributed by atoms with Crippen molar-refractivity contribution < 1.29 is 9.59 Å². The normalized spacial score (nSPS) is 19.5. The van der Waals surface area contributed by atoms with Crippen molar-refractivity contribution in [1.29, 1.82) is 0 Å². The van der Waals surface area contributed by atoms with Crippen LogP contribution in [-0.2, 0) is 4.79 Å². The number of nitrogens with one attached hydrogen (secondary N) is 1. The molecule has 3 N–H and O–H groups in total. The number of anilines is 1. The zero-order valence-electron chi connectivity index (χ0n) is 13.9. The van der Waals surface area contributed by atoms with Gasteiger partial charge in [0, 0.05) is 24.3 Å². The maximum absolute atomic E-state index is 12.5. The van der Waals surface area contributed by atoms with Crippen molar-refractivity contribution >= 4 is 29.9 Å². The Labute approximate surface area is 149 Å². The predicted molar refractivity (Wildman–Crippen MR) is 97.5 cm³/mol. The van der Waals surface area contributed by atoms with Crippen LogP contribution in [0.3, 0.4) is 0 Å². The second-order valence-corrected chi connectivity index (χ2v) is 6.75. The smallest absolute Gasteiger partial charge is 0.253 e. The molecule has 2 aliphatic rings. The number of carbonyl (C=O) groups is 2. The molecule has 0 aromatic heterocycles. The molecule has 1 heterocycles. The summed E-state index contributed by atoms with van der Waals surface area (Å²) in [5.41, 5.74) is 6.70. The summed E-state index contributed by atoms with van der Waals surface area (Å²) in [5.74, 6) is -0.0956. The monoisotopic (exact) mass is 351 g/mol. The molecule has 6 heteroatoms. The molecule has 1 aliphatic carbocycles. The van der Waals surface area contributed by atoms with Gasteiger partial charge in [-0.1, -0.05) is 18.9 Å². The van der Waals surface area contributed by atoms with E-state index in [1.54, 1.807) is 12.1 Å². The maximum Gasteiger partial charge on any atom is 0.253 e. The largest absolute Gasteiger partial charge is 0.339 e. The molecule has 0 unspecified atom stereocenters. The first kappa shape index (κ1) is 18.7. The van der Waals surface area contributed by atoms with Crippen molar-refractivity contribution in [2.45, 2.75) is 50.5 Å². The van der Waals surface area contributed by atoms with Crippen LogP contribution in [0.2, 0.25) is 0 Å². The molecule has 5 nitrogen and oxygen atoms in total. The lowest BCUT2D eigenvalue weighted by Gasteiger charge is -2.27. The number of nitrogens with two attached hydrogens (primary N) is 1. The molecule has 3 rings (SSSR count). The van der Waals surface area contributed by atoms with Crippen LogP contribution in [-0.4, -0.2) is 35.3 Å². The van der Waals surface area contributed by atoms with Gasteiger partial charge in [0.25, 0.3) is 5.91 Å². The Hall–Kier alpha value is -1.59. The van der Waals surface area contributed by atoms with E-state index in [0.717, 1.165) is 51.6 Å². The quantitative estimate of drug-likeness (QED) is 0.879. The third-order valence-electron chi connectivity index (χ3n) is 4.96. The Morgan fingerprint density at radius 2 is 1.71 bits per heavy atom. The first-order valence-corrected chi connectivity index (χ1v) is 8.58. The summed E-state index contributed by atoms with van der Waals surface area (Å²) < 4.78 is 0. The molecule has 1 aliphatic heterocycles. The van der Waals surface area contributed by atoms with E-state index in [9.17, 15) is 9.59 Å². The summed E-state index contributed by atoms with van der Waals surface area (Å²) >= 11 is 0. The number of hydrogen-bond acceptors (Lipinski definition) is 3. The molecule has 1 saturated heterocycles. The Bertz CT molecular complexity index is 594. The van der Waals surface area contributed by atoms with Gasteiger partial charge in [0.1, 0.15) is 0 Å². The van der Waals surface area contributed by atoms with Gasteiger partial charge >= 0.3 is 0 Å². The average molecular weight is 352 g/mol. The Balaban J connectivity index is 0.00000208. The first-order valence-electron chi connectivity index (χ1n) is 8.58. The van der Waals surface area contributed by atoms with Gasteiger partial charge in [0.2, 0.25) is 5.91 Å². The van der Waals surface area contributed by atoms with Crippen molar-refractivity contribution in [3.8, 4) is 0 Å². The fourth-order valence-corrected chi connectivity index (χ4v) is 3.50. The summed E-state index contributed by atoms with van der Waals surface area (Å²) in [5, 5.41) is 2.89. The fraction of sp³-hybridized carbons (Fsp3) is 0.556. The summed E-state index contributed by atoms with van der Waals surface area (Å²) in [4.78, 5) is 26.8. The number of amides is 2. The highest BCUT2D eigenvalue weighted by atomic mass is 35.5. The molecule has 0 radical (unpaired) electrons. The van der Waals surface area contributed by atoms with E-state index in [1.165, 1.54) is 6.42 Å². The summed E-state index contributed by atoms with van der Waals surface area (Å²) in [7, 11) is 0. The van der Waals surface area contributed by atoms with Crippen LogP contribution >= 0.6 is 12.4 Å². The Morgan fingerprint density at radius 1 is 1.04 bits per heavy atom. The van der Waals surface area contributed by atoms with Crippen LogP contribution in [0, 0.1) is 0 Å². The molecule has 0 spiro atoms. The van der Waals surface area contributed by atoms with Crippen molar-refractivity contribution in [1.82, 2.24) is 4.90 Å². The fourth-order valence-electron chi connectivity index (χ4n) is 3.50. The lowest BCUT2D eigenvalue weighted by molar-refractivity contribution is -0.121. The van der Waals surface area contributed by atoms with Crippen LogP contribution < -0.4 is 11.1 Å². The number of rotatable bonds is 3. The molecule has 24 heavy (non-hydrogen) atoms. The molecule has 2 amide bonds. The van der Waals surface area contributed by atoms with E-state index in [1.807, 2.05) is 17.0 Å². The van der Waals surface area contributed by atoms with Crippen LogP contribution in [0.1, 0.15) is 55.3 Å². The van der Waals surface area contributed by atoms with E-state index in [-0.39, 0.29) is 24.2 Å². The minimum atomic E-state index is -0.757. The minimum Gasteiger partial charge on any atom is -0.339 e. The lowest BCUT2D eigenvalue weighted by Crippen LogP contribution is -2.48. The highest BCUT2D eigenvalue weighted by Crippen LogP contribution is 2.28. The maximum atomic E-state index is 12.5. The Morgan fingerprint density at radius 3 is 2.38 bits per heavy atom. The van der Waals surface area contributed by atoms with Gasteiger partial charge < -0.3 is 16.0 Å². The lowest BCUT2D eigenvalue weighted by atomic mass is 9.98. The number of halogens is 1. The number of hydrogen-bond donors (Lipinski definition) is 2. The molecular formula is C18H26ClN3O2. The molecule has 2 fully saturated rings. The number of likely N-dealkylation sites (tertiary alicyclic amines) is 1. The Kier molecular flexibility index (Phi) is 6.24. The number of carbonyl (C=O) groups excluding carboxylic acids is 2. The van der Waals surface area contributed by atoms with E-state index in [4.69, 9.17) is 5.73 Å². The molecule has 0 bridgehead atoms. The SMILES string of the molecule is Cl.NC1(C(=O)Nc2cccc(C(=O)N3CCCCC3)c2)CCCC1. The van der Waals surface area contributed by atoms with Gasteiger partial charge in [-0.25, -0.2) is 0 Å². The molecule has 1 aromatic rings. The van der Waals surface area contributed by atoms with Gasteiger partial charge in [-0.2, -0.15) is 0 Å². The van der Waals surface area contributed by atoms with E-state index < -0.39 is 5.54 Å². The van der Waals surface area contributed by atoms with Crippen LogP contribution in [0.4, 0.5) is 5.69 Å². The summed E-state index contributed by atoms with van der Waals surface area (Å²) in [6.07, 6.45) is 6.78.